The van der Waals surface area contributed by atoms with E-state index in [4.69, 9.17) is 5.11 Å². The largest absolute Gasteiger partial charge is 0.481 e. The Morgan fingerprint density at radius 3 is 2.50 bits per heavy atom. The summed E-state index contributed by atoms with van der Waals surface area (Å²) in [6.45, 7) is 2.89. The SMILES string of the molecule is Cl.O=C(O)C1CCN(CCC2CCCC2)C1. The number of hydrogen-bond acceptors (Lipinski definition) is 2. The van der Waals surface area contributed by atoms with Gasteiger partial charge in [0.05, 0.1) is 5.92 Å². The summed E-state index contributed by atoms with van der Waals surface area (Å²) in [5.41, 5.74) is 0. The average Bonchev–Trinajstić information content (AvgIpc) is 2.86. The van der Waals surface area contributed by atoms with Gasteiger partial charge in [-0.3, -0.25) is 4.79 Å². The number of rotatable bonds is 4. The highest BCUT2D eigenvalue weighted by atomic mass is 35.5. The van der Waals surface area contributed by atoms with Crippen molar-refractivity contribution < 1.29 is 9.90 Å². The smallest absolute Gasteiger partial charge is 0.307 e. The van der Waals surface area contributed by atoms with Gasteiger partial charge in [0.25, 0.3) is 0 Å². The molecule has 94 valence electrons. The first-order valence-electron chi connectivity index (χ1n) is 6.21. The molecular formula is C12H22ClNO2. The number of carboxylic acid groups (broad SMARTS) is 1. The normalized spacial score (nSPS) is 26.9. The minimum atomic E-state index is -0.613. The lowest BCUT2D eigenvalue weighted by molar-refractivity contribution is -0.141. The van der Waals surface area contributed by atoms with Crippen LogP contribution in [0.1, 0.15) is 38.5 Å². The van der Waals surface area contributed by atoms with Gasteiger partial charge in [-0.05, 0) is 31.8 Å². The fourth-order valence-electron chi connectivity index (χ4n) is 2.90. The molecule has 4 heteroatoms. The van der Waals surface area contributed by atoms with Crippen molar-refractivity contribution >= 4 is 18.4 Å². The molecule has 1 saturated carbocycles. The lowest BCUT2D eigenvalue weighted by atomic mass is 10.0. The topological polar surface area (TPSA) is 40.5 Å². The maximum atomic E-state index is 10.8. The van der Waals surface area contributed by atoms with Crippen LogP contribution in [0.2, 0.25) is 0 Å². The number of aliphatic carboxylic acids is 1. The molecule has 1 heterocycles. The van der Waals surface area contributed by atoms with Gasteiger partial charge in [0, 0.05) is 6.54 Å². The number of carbonyl (C=O) groups is 1. The predicted octanol–water partition coefficient (Wildman–Crippen LogP) is 2.40. The van der Waals surface area contributed by atoms with E-state index in [0.29, 0.717) is 0 Å². The van der Waals surface area contributed by atoms with E-state index in [1.54, 1.807) is 0 Å². The van der Waals surface area contributed by atoms with Crippen LogP contribution in [0.25, 0.3) is 0 Å². The van der Waals surface area contributed by atoms with E-state index >= 15 is 0 Å². The van der Waals surface area contributed by atoms with Crippen molar-refractivity contribution in [2.75, 3.05) is 19.6 Å². The van der Waals surface area contributed by atoms with Crippen molar-refractivity contribution in [3.8, 4) is 0 Å². The Kier molecular flexibility index (Phi) is 5.56. The predicted molar refractivity (Wildman–Crippen MR) is 66.0 cm³/mol. The maximum Gasteiger partial charge on any atom is 0.307 e. The minimum Gasteiger partial charge on any atom is -0.481 e. The van der Waals surface area contributed by atoms with Gasteiger partial charge in [0.15, 0.2) is 0 Å². The van der Waals surface area contributed by atoms with E-state index < -0.39 is 5.97 Å². The second-order valence-electron chi connectivity index (χ2n) is 5.06. The van der Waals surface area contributed by atoms with E-state index in [9.17, 15) is 4.79 Å². The molecule has 0 amide bonds. The number of likely N-dealkylation sites (tertiary alicyclic amines) is 1. The van der Waals surface area contributed by atoms with E-state index in [-0.39, 0.29) is 18.3 Å². The fraction of sp³-hybridized carbons (Fsp3) is 0.917. The Morgan fingerprint density at radius 1 is 1.25 bits per heavy atom. The number of hydrogen-bond donors (Lipinski definition) is 1. The third-order valence-corrected chi connectivity index (χ3v) is 3.95. The first-order valence-corrected chi connectivity index (χ1v) is 6.21. The summed E-state index contributed by atoms with van der Waals surface area (Å²) in [4.78, 5) is 13.1. The second-order valence-corrected chi connectivity index (χ2v) is 5.06. The standard InChI is InChI=1S/C12H21NO2.ClH/c14-12(15)11-6-8-13(9-11)7-5-10-3-1-2-4-10;/h10-11H,1-9H2,(H,14,15);1H. The highest BCUT2D eigenvalue weighted by Gasteiger charge is 2.28. The molecule has 2 rings (SSSR count). The Bertz CT molecular complexity index is 229. The van der Waals surface area contributed by atoms with Crippen LogP contribution in [0.5, 0.6) is 0 Å². The summed E-state index contributed by atoms with van der Waals surface area (Å²) in [6, 6.07) is 0. The molecule has 0 aromatic rings. The van der Waals surface area contributed by atoms with Crippen molar-refractivity contribution in [3.63, 3.8) is 0 Å². The summed E-state index contributed by atoms with van der Waals surface area (Å²) in [5, 5.41) is 8.88. The summed E-state index contributed by atoms with van der Waals surface area (Å²) >= 11 is 0. The zero-order valence-electron chi connectivity index (χ0n) is 9.73. The summed E-state index contributed by atoms with van der Waals surface area (Å²) in [7, 11) is 0. The molecule has 0 radical (unpaired) electrons. The molecule has 0 aromatic heterocycles. The molecule has 0 spiro atoms. The molecule has 3 nitrogen and oxygen atoms in total. The fourth-order valence-corrected chi connectivity index (χ4v) is 2.90. The van der Waals surface area contributed by atoms with Gasteiger partial charge in [-0.15, -0.1) is 12.4 Å². The molecule has 1 unspecified atom stereocenters. The van der Waals surface area contributed by atoms with Crippen LogP contribution in [0.4, 0.5) is 0 Å². The monoisotopic (exact) mass is 247 g/mol. The lowest BCUT2D eigenvalue weighted by Gasteiger charge is -2.17. The van der Waals surface area contributed by atoms with Crippen LogP contribution in [-0.4, -0.2) is 35.6 Å². The number of nitrogens with zero attached hydrogens (tertiary/aromatic N) is 1. The maximum absolute atomic E-state index is 10.8. The summed E-state index contributed by atoms with van der Waals surface area (Å²) in [5.74, 6) is 0.209. The third kappa shape index (κ3) is 3.63. The van der Waals surface area contributed by atoms with Gasteiger partial charge in [-0.1, -0.05) is 25.7 Å². The molecule has 1 atom stereocenters. The molecule has 0 bridgehead atoms. The van der Waals surface area contributed by atoms with Crippen molar-refractivity contribution in [1.82, 2.24) is 4.90 Å². The first kappa shape index (κ1) is 13.8. The number of halogens is 1. The Hall–Kier alpha value is -0.280. The Morgan fingerprint density at radius 2 is 1.94 bits per heavy atom. The minimum absolute atomic E-state index is 0. The Balaban J connectivity index is 0.00000128. The van der Waals surface area contributed by atoms with Crippen LogP contribution < -0.4 is 0 Å². The van der Waals surface area contributed by atoms with Crippen LogP contribution in [0, 0.1) is 11.8 Å². The zero-order chi connectivity index (χ0) is 10.7. The molecule has 1 aliphatic heterocycles. The highest BCUT2D eigenvalue weighted by molar-refractivity contribution is 5.85. The molecule has 2 aliphatic rings. The van der Waals surface area contributed by atoms with Crippen LogP contribution in [-0.2, 0) is 4.79 Å². The first-order chi connectivity index (χ1) is 7.25. The third-order valence-electron chi connectivity index (χ3n) is 3.95. The molecule has 2 fully saturated rings. The quantitative estimate of drug-likeness (QED) is 0.829. The molecule has 1 aliphatic carbocycles. The second kappa shape index (κ2) is 6.45. The van der Waals surface area contributed by atoms with E-state index in [2.05, 4.69) is 4.90 Å². The van der Waals surface area contributed by atoms with E-state index in [1.807, 2.05) is 0 Å². The van der Waals surface area contributed by atoms with Crippen molar-refractivity contribution in [3.05, 3.63) is 0 Å². The number of carboxylic acids is 1. The van der Waals surface area contributed by atoms with E-state index in [1.165, 1.54) is 32.1 Å². The molecule has 1 N–H and O–H groups in total. The van der Waals surface area contributed by atoms with Gasteiger partial charge < -0.3 is 10.0 Å². The molecule has 16 heavy (non-hydrogen) atoms. The lowest BCUT2D eigenvalue weighted by Crippen LogP contribution is -2.25. The van der Waals surface area contributed by atoms with E-state index in [0.717, 1.165) is 32.0 Å². The van der Waals surface area contributed by atoms with Crippen LogP contribution in [0.3, 0.4) is 0 Å². The van der Waals surface area contributed by atoms with Crippen molar-refractivity contribution in [1.29, 1.82) is 0 Å². The van der Waals surface area contributed by atoms with Crippen LogP contribution >= 0.6 is 12.4 Å². The van der Waals surface area contributed by atoms with Crippen molar-refractivity contribution in [2.45, 2.75) is 38.5 Å². The zero-order valence-corrected chi connectivity index (χ0v) is 10.5. The van der Waals surface area contributed by atoms with Gasteiger partial charge in [0.1, 0.15) is 0 Å². The van der Waals surface area contributed by atoms with Crippen molar-refractivity contribution in [2.24, 2.45) is 11.8 Å². The van der Waals surface area contributed by atoms with Gasteiger partial charge >= 0.3 is 5.97 Å². The van der Waals surface area contributed by atoms with Gasteiger partial charge in [-0.2, -0.15) is 0 Å². The molecule has 0 aromatic carbocycles. The summed E-state index contributed by atoms with van der Waals surface area (Å²) < 4.78 is 0. The molecular weight excluding hydrogens is 226 g/mol. The highest BCUT2D eigenvalue weighted by Crippen LogP contribution is 2.28. The van der Waals surface area contributed by atoms with Gasteiger partial charge in [0.2, 0.25) is 0 Å². The average molecular weight is 248 g/mol. The summed E-state index contributed by atoms with van der Waals surface area (Å²) in [6.07, 6.45) is 7.74. The van der Waals surface area contributed by atoms with Gasteiger partial charge in [-0.25, -0.2) is 0 Å². The Labute approximate surface area is 104 Å². The van der Waals surface area contributed by atoms with Crippen LogP contribution in [0.15, 0.2) is 0 Å². The molecule has 1 saturated heterocycles.